The zero-order chi connectivity index (χ0) is 17.1. The van der Waals surface area contributed by atoms with Crippen LogP contribution in [0.2, 0.25) is 0 Å². The highest BCUT2D eigenvalue weighted by atomic mass is 16.5. The molecule has 8 heteroatoms. The third kappa shape index (κ3) is 3.52. The monoisotopic (exact) mass is 332 g/mol. The van der Waals surface area contributed by atoms with Gasteiger partial charge in [0.25, 0.3) is 0 Å². The summed E-state index contributed by atoms with van der Waals surface area (Å²) in [6, 6.07) is -0.241. The molecule has 24 heavy (non-hydrogen) atoms. The van der Waals surface area contributed by atoms with Gasteiger partial charge in [-0.2, -0.15) is 10.2 Å². The molecule has 2 amide bonds. The van der Waals surface area contributed by atoms with Crippen molar-refractivity contribution in [3.05, 3.63) is 24.2 Å². The predicted octanol–water partition coefficient (Wildman–Crippen LogP) is 2.07. The van der Waals surface area contributed by atoms with Crippen LogP contribution in [0, 0.1) is 6.92 Å². The number of rotatable bonds is 5. The second-order valence-electron chi connectivity index (χ2n) is 6.12. The Morgan fingerprint density at radius 1 is 1.38 bits per heavy atom. The number of nitrogens with zero attached hydrogens (tertiary/aromatic N) is 4. The number of urea groups is 1. The van der Waals surface area contributed by atoms with Crippen molar-refractivity contribution >= 4 is 11.8 Å². The van der Waals surface area contributed by atoms with E-state index in [2.05, 4.69) is 20.8 Å². The van der Waals surface area contributed by atoms with Crippen LogP contribution in [-0.2, 0) is 13.6 Å². The maximum atomic E-state index is 12.3. The standard InChI is InChI=1S/C16H24N6O2/c1-4-22-10-12(9-18-22)24-14-7-5-6-13(14)19-16(23)20-15-11(2)8-17-21(15)3/h8-10,13-14H,4-7H2,1-3H3,(H2,19,20,23)/t13-,14+/m0/s1. The number of hydrogen-bond donors (Lipinski definition) is 2. The van der Waals surface area contributed by atoms with Gasteiger partial charge < -0.3 is 10.1 Å². The number of carbonyl (C=O) groups is 1. The number of carbonyl (C=O) groups excluding carboxylic acids is 1. The van der Waals surface area contributed by atoms with E-state index in [1.54, 1.807) is 24.1 Å². The minimum absolute atomic E-state index is 0.0106. The lowest BCUT2D eigenvalue weighted by Crippen LogP contribution is -2.44. The summed E-state index contributed by atoms with van der Waals surface area (Å²) in [5.74, 6) is 1.45. The Balaban J connectivity index is 1.58. The van der Waals surface area contributed by atoms with E-state index in [9.17, 15) is 4.79 Å². The first-order valence-electron chi connectivity index (χ1n) is 8.32. The fourth-order valence-electron chi connectivity index (χ4n) is 3.02. The van der Waals surface area contributed by atoms with Gasteiger partial charge in [0.2, 0.25) is 0 Å². The van der Waals surface area contributed by atoms with Gasteiger partial charge in [0, 0.05) is 19.2 Å². The van der Waals surface area contributed by atoms with Crippen LogP contribution >= 0.6 is 0 Å². The Morgan fingerprint density at radius 3 is 2.88 bits per heavy atom. The van der Waals surface area contributed by atoms with E-state index in [-0.39, 0.29) is 18.2 Å². The molecule has 2 aromatic rings. The Bertz CT molecular complexity index is 688. The zero-order valence-electron chi connectivity index (χ0n) is 14.3. The number of amides is 2. The van der Waals surface area contributed by atoms with E-state index in [4.69, 9.17) is 4.74 Å². The van der Waals surface area contributed by atoms with E-state index in [0.717, 1.165) is 37.1 Å². The van der Waals surface area contributed by atoms with Gasteiger partial charge >= 0.3 is 6.03 Å². The summed E-state index contributed by atoms with van der Waals surface area (Å²) in [6.45, 7) is 4.75. The van der Waals surface area contributed by atoms with Gasteiger partial charge in [0.15, 0.2) is 5.75 Å². The minimum atomic E-state index is -0.230. The number of ether oxygens (including phenoxy) is 1. The average Bonchev–Trinajstić information content (AvgIpc) is 3.26. The van der Waals surface area contributed by atoms with Crippen molar-refractivity contribution in [3.8, 4) is 5.75 Å². The molecule has 2 heterocycles. The van der Waals surface area contributed by atoms with Crippen molar-refractivity contribution < 1.29 is 9.53 Å². The zero-order valence-corrected chi connectivity index (χ0v) is 14.3. The minimum Gasteiger partial charge on any atom is -0.485 e. The summed E-state index contributed by atoms with van der Waals surface area (Å²) in [7, 11) is 1.80. The molecule has 3 rings (SSSR count). The number of nitrogens with one attached hydrogen (secondary N) is 2. The first kappa shape index (κ1) is 16.4. The average molecular weight is 332 g/mol. The lowest BCUT2D eigenvalue weighted by molar-refractivity contribution is 0.175. The van der Waals surface area contributed by atoms with Crippen LogP contribution in [0.3, 0.4) is 0 Å². The van der Waals surface area contributed by atoms with Crippen molar-refractivity contribution in [1.29, 1.82) is 0 Å². The van der Waals surface area contributed by atoms with Gasteiger partial charge in [0.05, 0.1) is 24.6 Å². The topological polar surface area (TPSA) is 86.0 Å². The molecule has 2 N–H and O–H groups in total. The maximum absolute atomic E-state index is 12.3. The second-order valence-corrected chi connectivity index (χ2v) is 6.12. The van der Waals surface area contributed by atoms with Gasteiger partial charge in [-0.25, -0.2) is 4.79 Å². The summed E-state index contributed by atoms with van der Waals surface area (Å²) in [6.07, 6.45) is 8.16. The third-order valence-electron chi connectivity index (χ3n) is 4.34. The molecular formula is C16H24N6O2. The molecule has 0 aliphatic heterocycles. The largest absolute Gasteiger partial charge is 0.485 e. The van der Waals surface area contributed by atoms with E-state index < -0.39 is 0 Å². The summed E-state index contributed by atoms with van der Waals surface area (Å²) < 4.78 is 9.48. The quantitative estimate of drug-likeness (QED) is 0.877. The Hall–Kier alpha value is -2.51. The molecule has 0 spiro atoms. The van der Waals surface area contributed by atoms with E-state index in [0.29, 0.717) is 5.82 Å². The van der Waals surface area contributed by atoms with Gasteiger partial charge in [-0.05, 0) is 33.1 Å². The molecule has 1 aliphatic rings. The Labute approximate surface area is 141 Å². The summed E-state index contributed by atoms with van der Waals surface area (Å²) in [5.41, 5.74) is 0.929. The molecule has 8 nitrogen and oxygen atoms in total. The van der Waals surface area contributed by atoms with Crippen molar-refractivity contribution in [1.82, 2.24) is 24.9 Å². The molecule has 1 aliphatic carbocycles. The van der Waals surface area contributed by atoms with Crippen LogP contribution < -0.4 is 15.4 Å². The lowest BCUT2D eigenvalue weighted by atomic mass is 10.2. The highest BCUT2D eigenvalue weighted by molar-refractivity contribution is 5.89. The third-order valence-corrected chi connectivity index (χ3v) is 4.34. The van der Waals surface area contributed by atoms with Crippen LogP contribution in [0.4, 0.5) is 10.6 Å². The smallest absolute Gasteiger partial charge is 0.320 e. The van der Waals surface area contributed by atoms with Crippen molar-refractivity contribution in [2.75, 3.05) is 5.32 Å². The van der Waals surface area contributed by atoms with E-state index >= 15 is 0 Å². The van der Waals surface area contributed by atoms with Crippen molar-refractivity contribution in [2.45, 2.75) is 51.8 Å². The molecule has 0 bridgehead atoms. The number of hydrogen-bond acceptors (Lipinski definition) is 4. The molecule has 1 saturated carbocycles. The molecule has 2 aromatic heterocycles. The fourth-order valence-corrected chi connectivity index (χ4v) is 3.02. The highest BCUT2D eigenvalue weighted by Crippen LogP contribution is 2.25. The normalized spacial score (nSPS) is 20.1. The highest BCUT2D eigenvalue weighted by Gasteiger charge is 2.31. The SMILES string of the molecule is CCn1cc(O[C@@H]2CCC[C@@H]2NC(=O)Nc2c(C)cnn2C)cn1. The molecule has 0 unspecified atom stereocenters. The molecule has 130 valence electrons. The molecule has 1 fully saturated rings. The molecule has 0 saturated heterocycles. The number of aryl methyl sites for hydroxylation is 3. The first-order valence-corrected chi connectivity index (χ1v) is 8.32. The van der Waals surface area contributed by atoms with Crippen molar-refractivity contribution in [2.24, 2.45) is 7.05 Å². The van der Waals surface area contributed by atoms with Crippen LogP contribution in [0.15, 0.2) is 18.6 Å². The van der Waals surface area contributed by atoms with Crippen molar-refractivity contribution in [3.63, 3.8) is 0 Å². The van der Waals surface area contributed by atoms with Gasteiger partial charge in [-0.1, -0.05) is 0 Å². The van der Waals surface area contributed by atoms with Gasteiger partial charge in [0.1, 0.15) is 11.9 Å². The van der Waals surface area contributed by atoms with E-state index in [1.165, 1.54) is 0 Å². The number of anilines is 1. The van der Waals surface area contributed by atoms with E-state index in [1.807, 2.05) is 24.7 Å². The summed E-state index contributed by atoms with van der Waals surface area (Å²) in [4.78, 5) is 12.3. The van der Waals surface area contributed by atoms with Crippen LogP contribution in [0.25, 0.3) is 0 Å². The maximum Gasteiger partial charge on any atom is 0.320 e. The van der Waals surface area contributed by atoms with Crippen LogP contribution in [-0.4, -0.2) is 37.7 Å². The summed E-state index contributed by atoms with van der Waals surface area (Å²) in [5, 5.41) is 14.2. The van der Waals surface area contributed by atoms with Crippen LogP contribution in [0.1, 0.15) is 31.7 Å². The molecule has 0 radical (unpaired) electrons. The van der Waals surface area contributed by atoms with Crippen LogP contribution in [0.5, 0.6) is 5.75 Å². The molecule has 0 aromatic carbocycles. The van der Waals surface area contributed by atoms with Gasteiger partial charge in [-0.15, -0.1) is 0 Å². The molecular weight excluding hydrogens is 308 g/mol. The first-order chi connectivity index (χ1) is 11.6. The number of aromatic nitrogens is 4. The Morgan fingerprint density at radius 2 is 2.21 bits per heavy atom. The molecule has 2 atom stereocenters. The second kappa shape index (κ2) is 6.94. The predicted molar refractivity (Wildman–Crippen MR) is 90.1 cm³/mol. The lowest BCUT2D eigenvalue weighted by Gasteiger charge is -2.21. The van der Waals surface area contributed by atoms with Gasteiger partial charge in [-0.3, -0.25) is 14.7 Å². The fraction of sp³-hybridized carbons (Fsp3) is 0.562. The summed E-state index contributed by atoms with van der Waals surface area (Å²) >= 11 is 0. The Kier molecular flexibility index (Phi) is 4.73.